The molecule has 3 aromatic carbocycles. The highest BCUT2D eigenvalue weighted by Gasteiger charge is 2.36. The Morgan fingerprint density at radius 1 is 0.972 bits per heavy atom. The lowest BCUT2D eigenvalue weighted by Gasteiger charge is -2.32. The van der Waals surface area contributed by atoms with E-state index in [1.807, 2.05) is 42.5 Å². The van der Waals surface area contributed by atoms with Gasteiger partial charge in [0.2, 0.25) is 11.8 Å². The number of benzene rings is 3. The number of para-hydroxylation sites is 1. The highest BCUT2D eigenvalue weighted by molar-refractivity contribution is 8.15. The van der Waals surface area contributed by atoms with Gasteiger partial charge in [0.15, 0.2) is 16.7 Å². The first-order valence-corrected chi connectivity index (χ1v) is 12.1. The van der Waals surface area contributed by atoms with Gasteiger partial charge in [-0.2, -0.15) is 0 Å². The number of nitrogens with zero attached hydrogens (tertiary/aromatic N) is 2. The van der Waals surface area contributed by atoms with Crippen molar-refractivity contribution in [3.8, 4) is 17.2 Å². The van der Waals surface area contributed by atoms with Crippen molar-refractivity contribution in [3.63, 3.8) is 0 Å². The van der Waals surface area contributed by atoms with Crippen molar-refractivity contribution in [2.24, 2.45) is 4.99 Å². The lowest BCUT2D eigenvalue weighted by molar-refractivity contribution is -0.129. The Bertz CT molecular complexity index is 1270. The fourth-order valence-corrected chi connectivity index (χ4v) is 4.79. The second kappa shape index (κ2) is 11.6. The van der Waals surface area contributed by atoms with Crippen LogP contribution in [0.2, 0.25) is 0 Å². The van der Waals surface area contributed by atoms with Crippen molar-refractivity contribution >= 4 is 40.1 Å². The highest BCUT2D eigenvalue weighted by Crippen LogP contribution is 2.33. The minimum Gasteiger partial charge on any atom is -0.497 e. The van der Waals surface area contributed by atoms with Crippen molar-refractivity contribution < 1.29 is 23.8 Å². The van der Waals surface area contributed by atoms with Gasteiger partial charge >= 0.3 is 0 Å². The number of hydrogen-bond donors (Lipinski definition) is 1. The summed E-state index contributed by atoms with van der Waals surface area (Å²) in [6, 6.07) is 22.0. The van der Waals surface area contributed by atoms with Gasteiger partial charge in [0.25, 0.3) is 0 Å². The fraction of sp³-hybridized carbons (Fsp3) is 0.222. The van der Waals surface area contributed by atoms with Gasteiger partial charge in [-0.25, -0.2) is 4.99 Å². The largest absolute Gasteiger partial charge is 0.497 e. The molecular weight excluding hydrogens is 478 g/mol. The van der Waals surface area contributed by atoms with Gasteiger partial charge in [0, 0.05) is 18.2 Å². The van der Waals surface area contributed by atoms with Gasteiger partial charge in [-0.15, -0.1) is 0 Å². The molecule has 1 atom stereocenters. The van der Waals surface area contributed by atoms with Gasteiger partial charge in [-0.05, 0) is 42.0 Å². The van der Waals surface area contributed by atoms with Crippen LogP contribution in [-0.4, -0.2) is 48.5 Å². The molecule has 0 aliphatic carbocycles. The normalized spacial score (nSPS) is 16.5. The summed E-state index contributed by atoms with van der Waals surface area (Å²) in [7, 11) is 4.71. The molecule has 0 saturated carbocycles. The number of rotatable bonds is 8. The number of methoxy groups -OCH3 is 3. The molecule has 2 amide bonds. The quantitative estimate of drug-likeness (QED) is 0.470. The van der Waals surface area contributed by atoms with Crippen LogP contribution in [-0.2, 0) is 16.1 Å². The van der Waals surface area contributed by atoms with Crippen LogP contribution >= 0.6 is 11.8 Å². The van der Waals surface area contributed by atoms with E-state index in [9.17, 15) is 9.59 Å². The van der Waals surface area contributed by atoms with Crippen molar-refractivity contribution in [2.45, 2.75) is 18.2 Å². The van der Waals surface area contributed by atoms with E-state index < -0.39 is 5.25 Å². The average molecular weight is 506 g/mol. The van der Waals surface area contributed by atoms with E-state index in [0.717, 1.165) is 5.56 Å². The van der Waals surface area contributed by atoms with Crippen molar-refractivity contribution in [3.05, 3.63) is 78.4 Å². The lowest BCUT2D eigenvalue weighted by atomic mass is 10.1. The first kappa shape index (κ1) is 25.1. The van der Waals surface area contributed by atoms with Crippen molar-refractivity contribution in [1.29, 1.82) is 0 Å². The Balaban J connectivity index is 1.59. The third-order valence-corrected chi connectivity index (χ3v) is 6.73. The molecule has 186 valence electrons. The SMILES string of the molecule is COc1cccc(NC(=O)C2CC(=O)N(Cc3ccc(OC)c(OC)c3)C(=Nc3ccccc3)S2)c1. The monoisotopic (exact) mass is 505 g/mol. The molecule has 36 heavy (non-hydrogen) atoms. The molecule has 9 heteroatoms. The lowest BCUT2D eigenvalue weighted by Crippen LogP contribution is -2.44. The average Bonchev–Trinajstić information content (AvgIpc) is 2.91. The summed E-state index contributed by atoms with van der Waals surface area (Å²) >= 11 is 1.27. The predicted octanol–water partition coefficient (Wildman–Crippen LogP) is 4.87. The third kappa shape index (κ3) is 5.98. The number of nitrogens with one attached hydrogen (secondary N) is 1. The van der Waals surface area contributed by atoms with Gasteiger partial charge in [0.05, 0.1) is 33.6 Å². The summed E-state index contributed by atoms with van der Waals surface area (Å²) in [6.07, 6.45) is 0.0432. The van der Waals surface area contributed by atoms with E-state index in [0.29, 0.717) is 33.8 Å². The number of hydrogen-bond acceptors (Lipinski definition) is 7. The Hall–Kier alpha value is -3.98. The van der Waals surface area contributed by atoms with E-state index in [2.05, 4.69) is 5.32 Å². The van der Waals surface area contributed by atoms with Gasteiger partial charge < -0.3 is 19.5 Å². The highest BCUT2D eigenvalue weighted by atomic mass is 32.2. The Kier molecular flexibility index (Phi) is 8.12. The maximum atomic E-state index is 13.3. The molecule has 0 radical (unpaired) electrons. The van der Waals surface area contributed by atoms with Gasteiger partial charge in [-0.1, -0.05) is 42.1 Å². The molecule has 1 N–H and O–H groups in total. The second-order valence-corrected chi connectivity index (χ2v) is 9.10. The van der Waals surface area contributed by atoms with Crippen LogP contribution in [0.3, 0.4) is 0 Å². The Labute approximate surface area is 214 Å². The molecule has 3 aromatic rings. The summed E-state index contributed by atoms with van der Waals surface area (Å²) in [5.41, 5.74) is 2.14. The molecule has 1 fully saturated rings. The molecule has 1 heterocycles. The first-order valence-electron chi connectivity index (χ1n) is 11.3. The number of carbonyl (C=O) groups excluding carboxylic acids is 2. The van der Waals surface area contributed by atoms with Gasteiger partial charge in [-0.3, -0.25) is 14.5 Å². The zero-order valence-electron chi connectivity index (χ0n) is 20.3. The fourth-order valence-electron chi connectivity index (χ4n) is 3.69. The zero-order valence-corrected chi connectivity index (χ0v) is 21.1. The molecule has 0 spiro atoms. The van der Waals surface area contributed by atoms with Crippen LogP contribution < -0.4 is 19.5 Å². The van der Waals surface area contributed by atoms with Crippen LogP contribution in [0.25, 0.3) is 0 Å². The molecule has 0 aromatic heterocycles. The summed E-state index contributed by atoms with van der Waals surface area (Å²) < 4.78 is 16.0. The van der Waals surface area contributed by atoms with E-state index in [4.69, 9.17) is 19.2 Å². The van der Waals surface area contributed by atoms with E-state index in [-0.39, 0.29) is 24.8 Å². The molecule has 4 rings (SSSR count). The maximum Gasteiger partial charge on any atom is 0.238 e. The maximum absolute atomic E-state index is 13.3. The van der Waals surface area contributed by atoms with Crippen LogP contribution in [0, 0.1) is 0 Å². The van der Waals surface area contributed by atoms with Crippen LogP contribution in [0.4, 0.5) is 11.4 Å². The Morgan fingerprint density at radius 2 is 1.75 bits per heavy atom. The van der Waals surface area contributed by atoms with E-state index in [1.165, 1.54) is 11.8 Å². The summed E-state index contributed by atoms with van der Waals surface area (Å²) in [5, 5.41) is 2.71. The summed E-state index contributed by atoms with van der Waals surface area (Å²) in [4.78, 5) is 32.7. The minimum absolute atomic E-state index is 0.0432. The topological polar surface area (TPSA) is 89.5 Å². The number of ether oxygens (including phenoxy) is 3. The molecule has 1 aliphatic heterocycles. The number of aliphatic imine (C=N–C) groups is 1. The summed E-state index contributed by atoms with van der Waals surface area (Å²) in [5.74, 6) is 1.35. The van der Waals surface area contributed by atoms with Crippen LogP contribution in [0.5, 0.6) is 17.2 Å². The zero-order chi connectivity index (χ0) is 25.5. The number of thioether (sulfide) groups is 1. The standard InChI is InChI=1S/C27H27N3O5S/c1-33-21-11-7-10-20(15-21)28-26(32)24-16-25(31)30(27(36-24)29-19-8-5-4-6-9-19)17-18-12-13-22(34-2)23(14-18)35-3/h4-15,24H,16-17H2,1-3H3,(H,28,32). The Morgan fingerprint density at radius 3 is 2.47 bits per heavy atom. The second-order valence-electron chi connectivity index (χ2n) is 7.93. The number of carbonyl (C=O) groups is 2. The number of amides is 2. The van der Waals surface area contributed by atoms with Gasteiger partial charge in [0.1, 0.15) is 11.0 Å². The molecule has 1 aliphatic rings. The van der Waals surface area contributed by atoms with E-state index >= 15 is 0 Å². The van der Waals surface area contributed by atoms with Crippen LogP contribution in [0.1, 0.15) is 12.0 Å². The first-order chi connectivity index (χ1) is 17.5. The molecule has 1 unspecified atom stereocenters. The smallest absolute Gasteiger partial charge is 0.238 e. The number of anilines is 1. The van der Waals surface area contributed by atoms with E-state index in [1.54, 1.807) is 56.6 Å². The molecule has 1 saturated heterocycles. The predicted molar refractivity (Wildman–Crippen MR) is 141 cm³/mol. The molecular formula is C27H27N3O5S. The minimum atomic E-state index is -0.632. The molecule has 0 bridgehead atoms. The number of amidine groups is 1. The van der Waals surface area contributed by atoms with Crippen LogP contribution in [0.15, 0.2) is 77.8 Å². The van der Waals surface area contributed by atoms with Crippen molar-refractivity contribution in [2.75, 3.05) is 26.6 Å². The van der Waals surface area contributed by atoms with Crippen molar-refractivity contribution in [1.82, 2.24) is 4.90 Å². The summed E-state index contributed by atoms with van der Waals surface area (Å²) in [6.45, 7) is 0.280. The molecule has 8 nitrogen and oxygen atoms in total. The third-order valence-electron chi connectivity index (χ3n) is 5.54.